The van der Waals surface area contributed by atoms with Crippen LogP contribution in [0.5, 0.6) is 0 Å². The van der Waals surface area contributed by atoms with Crippen LogP contribution >= 0.6 is 0 Å². The summed E-state index contributed by atoms with van der Waals surface area (Å²) in [7, 11) is 0. The fourth-order valence-electron chi connectivity index (χ4n) is 3.25. The van der Waals surface area contributed by atoms with Crippen molar-refractivity contribution in [3.63, 3.8) is 0 Å². The molecule has 1 aliphatic heterocycles. The number of hydrogen-bond donors (Lipinski definition) is 0. The van der Waals surface area contributed by atoms with Gasteiger partial charge in [0.1, 0.15) is 0 Å². The number of hydrogen-bond acceptors (Lipinski definition) is 2. The minimum atomic E-state index is -0.0240. The van der Waals surface area contributed by atoms with E-state index in [4.69, 9.17) is 4.74 Å². The highest BCUT2D eigenvalue weighted by Gasteiger charge is 2.26. The normalized spacial score (nSPS) is 19.1. The fourth-order valence-corrected chi connectivity index (χ4v) is 3.25. The molecule has 2 nitrogen and oxygen atoms in total. The smallest absolute Gasteiger partial charge is 0.0600 e. The van der Waals surface area contributed by atoms with Crippen LogP contribution in [0.25, 0.3) is 5.57 Å². The van der Waals surface area contributed by atoms with Crippen molar-refractivity contribution in [2.75, 3.05) is 26.2 Å². The zero-order valence-electron chi connectivity index (χ0n) is 12.9. The average Bonchev–Trinajstić information content (AvgIpc) is 2.74. The Hall–Kier alpha value is -1.12. The van der Waals surface area contributed by atoms with Gasteiger partial charge in [0.2, 0.25) is 0 Å². The van der Waals surface area contributed by atoms with Gasteiger partial charge in [0.25, 0.3) is 0 Å². The first-order valence-corrected chi connectivity index (χ1v) is 7.68. The summed E-state index contributed by atoms with van der Waals surface area (Å²) in [5, 5.41) is 0. The van der Waals surface area contributed by atoms with Gasteiger partial charge in [0.15, 0.2) is 0 Å². The van der Waals surface area contributed by atoms with Gasteiger partial charge in [-0.25, -0.2) is 0 Å². The average molecular weight is 271 g/mol. The summed E-state index contributed by atoms with van der Waals surface area (Å²) in [6.45, 7) is 10.5. The van der Waals surface area contributed by atoms with Crippen LogP contribution in [0, 0.1) is 0 Å². The van der Waals surface area contributed by atoms with E-state index < -0.39 is 0 Å². The molecule has 0 fully saturated rings. The van der Waals surface area contributed by atoms with Crippen LogP contribution in [0.3, 0.4) is 0 Å². The Morgan fingerprint density at radius 1 is 1.20 bits per heavy atom. The number of fused-ring (bicyclic) bond motifs is 2. The lowest BCUT2D eigenvalue weighted by atomic mass is 9.99. The largest absolute Gasteiger partial charge is 0.375 e. The minimum absolute atomic E-state index is 0.0240. The van der Waals surface area contributed by atoms with Crippen LogP contribution in [-0.4, -0.2) is 36.7 Å². The second-order valence-corrected chi connectivity index (χ2v) is 6.90. The Bertz CT molecular complexity index is 524. The summed E-state index contributed by atoms with van der Waals surface area (Å²) in [5.74, 6) is 0. The van der Waals surface area contributed by atoms with Crippen LogP contribution in [0.2, 0.25) is 0 Å². The molecule has 2 aliphatic rings. The van der Waals surface area contributed by atoms with Gasteiger partial charge in [-0.05, 0) is 55.9 Å². The van der Waals surface area contributed by atoms with E-state index >= 15 is 0 Å². The molecule has 0 saturated carbocycles. The van der Waals surface area contributed by atoms with E-state index in [2.05, 4.69) is 49.9 Å². The Morgan fingerprint density at radius 2 is 2.00 bits per heavy atom. The molecule has 2 heteroatoms. The SMILES string of the molecule is CC(C)(C)OCCN1CCC2=C(Cc3ccccc32)C1. The van der Waals surface area contributed by atoms with Gasteiger partial charge in [-0.2, -0.15) is 0 Å². The predicted molar refractivity (Wildman–Crippen MR) is 83.8 cm³/mol. The van der Waals surface area contributed by atoms with Crippen molar-refractivity contribution in [3.05, 3.63) is 41.0 Å². The van der Waals surface area contributed by atoms with E-state index in [9.17, 15) is 0 Å². The van der Waals surface area contributed by atoms with Crippen LogP contribution in [-0.2, 0) is 11.2 Å². The molecule has 0 aromatic heterocycles. The van der Waals surface area contributed by atoms with Crippen LogP contribution in [0.15, 0.2) is 29.8 Å². The zero-order chi connectivity index (χ0) is 14.2. The molecular formula is C18H25NO. The van der Waals surface area contributed by atoms with Gasteiger partial charge < -0.3 is 4.74 Å². The number of rotatable bonds is 3. The highest BCUT2D eigenvalue weighted by Crippen LogP contribution is 2.37. The van der Waals surface area contributed by atoms with E-state index in [0.29, 0.717) is 0 Å². The summed E-state index contributed by atoms with van der Waals surface area (Å²) < 4.78 is 5.85. The first kappa shape index (κ1) is 13.8. The molecule has 0 amide bonds. The lowest BCUT2D eigenvalue weighted by molar-refractivity contribution is -0.0123. The molecule has 0 N–H and O–H groups in total. The van der Waals surface area contributed by atoms with Gasteiger partial charge >= 0.3 is 0 Å². The number of ether oxygens (including phenoxy) is 1. The summed E-state index contributed by atoms with van der Waals surface area (Å²) in [5.41, 5.74) is 6.25. The molecule has 0 bridgehead atoms. The second kappa shape index (κ2) is 5.34. The number of nitrogens with zero attached hydrogens (tertiary/aromatic N) is 1. The van der Waals surface area contributed by atoms with Crippen molar-refractivity contribution >= 4 is 5.57 Å². The molecule has 0 unspecified atom stereocenters. The highest BCUT2D eigenvalue weighted by molar-refractivity contribution is 5.77. The molecule has 108 valence electrons. The Kier molecular flexibility index (Phi) is 3.70. The van der Waals surface area contributed by atoms with Gasteiger partial charge in [-0.15, -0.1) is 0 Å². The van der Waals surface area contributed by atoms with Crippen molar-refractivity contribution in [1.29, 1.82) is 0 Å². The topological polar surface area (TPSA) is 12.5 Å². The first-order chi connectivity index (χ1) is 9.53. The molecule has 1 aromatic carbocycles. The zero-order valence-corrected chi connectivity index (χ0v) is 12.9. The molecule has 1 heterocycles. The van der Waals surface area contributed by atoms with E-state index in [1.54, 1.807) is 11.1 Å². The lowest BCUT2D eigenvalue weighted by Gasteiger charge is -2.29. The van der Waals surface area contributed by atoms with Crippen molar-refractivity contribution in [2.45, 2.75) is 39.2 Å². The number of benzene rings is 1. The molecule has 1 aromatic rings. The van der Waals surface area contributed by atoms with Crippen molar-refractivity contribution in [3.8, 4) is 0 Å². The van der Waals surface area contributed by atoms with Crippen molar-refractivity contribution in [1.82, 2.24) is 4.90 Å². The molecule has 0 atom stereocenters. The molecule has 0 saturated heterocycles. The third-order valence-corrected chi connectivity index (χ3v) is 4.21. The Balaban J connectivity index is 1.59. The summed E-state index contributed by atoms with van der Waals surface area (Å²) in [6.07, 6.45) is 2.35. The fraction of sp³-hybridized carbons (Fsp3) is 0.556. The van der Waals surface area contributed by atoms with Gasteiger partial charge in [-0.1, -0.05) is 24.3 Å². The highest BCUT2D eigenvalue weighted by atomic mass is 16.5. The molecule has 0 radical (unpaired) electrons. The van der Waals surface area contributed by atoms with E-state index in [1.807, 2.05) is 0 Å². The third-order valence-electron chi connectivity index (χ3n) is 4.21. The molecular weight excluding hydrogens is 246 g/mol. The third kappa shape index (κ3) is 2.97. The standard InChI is InChI=1S/C18H25NO/c1-18(2,3)20-11-10-19-9-8-17-15(13-19)12-14-6-4-5-7-16(14)17/h4-7H,8-13H2,1-3H3. The maximum atomic E-state index is 5.85. The van der Waals surface area contributed by atoms with Crippen molar-refractivity contribution < 1.29 is 4.74 Å². The molecule has 3 rings (SSSR count). The maximum Gasteiger partial charge on any atom is 0.0600 e. The van der Waals surface area contributed by atoms with E-state index in [-0.39, 0.29) is 5.60 Å². The van der Waals surface area contributed by atoms with Crippen LogP contribution < -0.4 is 0 Å². The van der Waals surface area contributed by atoms with Crippen LogP contribution in [0.4, 0.5) is 0 Å². The van der Waals surface area contributed by atoms with Gasteiger partial charge in [0, 0.05) is 19.6 Å². The second-order valence-electron chi connectivity index (χ2n) is 6.90. The molecule has 1 aliphatic carbocycles. The summed E-state index contributed by atoms with van der Waals surface area (Å²) in [6, 6.07) is 8.89. The molecule has 0 spiro atoms. The Labute approximate surface area is 122 Å². The maximum absolute atomic E-state index is 5.85. The van der Waals surface area contributed by atoms with Crippen molar-refractivity contribution in [2.24, 2.45) is 0 Å². The van der Waals surface area contributed by atoms with Gasteiger partial charge in [0.05, 0.1) is 12.2 Å². The van der Waals surface area contributed by atoms with Crippen LogP contribution in [0.1, 0.15) is 38.3 Å². The summed E-state index contributed by atoms with van der Waals surface area (Å²) >= 11 is 0. The lowest BCUT2D eigenvalue weighted by Crippen LogP contribution is -2.35. The van der Waals surface area contributed by atoms with E-state index in [1.165, 1.54) is 24.1 Å². The first-order valence-electron chi connectivity index (χ1n) is 7.68. The van der Waals surface area contributed by atoms with Gasteiger partial charge in [-0.3, -0.25) is 4.90 Å². The quantitative estimate of drug-likeness (QED) is 0.834. The summed E-state index contributed by atoms with van der Waals surface area (Å²) in [4.78, 5) is 2.54. The minimum Gasteiger partial charge on any atom is -0.375 e. The Morgan fingerprint density at radius 3 is 2.80 bits per heavy atom. The molecule has 20 heavy (non-hydrogen) atoms. The monoisotopic (exact) mass is 271 g/mol. The van der Waals surface area contributed by atoms with E-state index in [0.717, 1.165) is 26.1 Å². The predicted octanol–water partition coefficient (Wildman–Crippen LogP) is 3.52.